The molecule has 1 amide bonds. The molecule has 0 radical (unpaired) electrons. The van der Waals surface area contributed by atoms with Crippen LogP contribution in [0.5, 0.6) is 5.75 Å². The molecule has 10 heteroatoms. The molecule has 4 aromatic rings. The Morgan fingerprint density at radius 1 is 1.16 bits per heavy atom. The number of fused-ring (bicyclic) bond motifs is 1. The van der Waals surface area contributed by atoms with Crippen LogP contribution < -0.4 is 15.4 Å². The molecular weight excluding hydrogens is 598 g/mol. The Balaban J connectivity index is 1.49. The van der Waals surface area contributed by atoms with E-state index in [1.165, 1.54) is 7.11 Å². The number of methoxy groups -OCH3 is 1. The lowest BCUT2D eigenvalue weighted by atomic mass is 10.2. The number of carbonyl (C=O) groups excluding carboxylic acids is 1. The minimum atomic E-state index is -0.404. The maximum atomic E-state index is 12.7. The summed E-state index contributed by atoms with van der Waals surface area (Å²) < 4.78 is 7.80. The van der Waals surface area contributed by atoms with Crippen molar-refractivity contribution in [3.63, 3.8) is 0 Å². The van der Waals surface area contributed by atoms with Crippen molar-refractivity contribution in [3.8, 4) is 16.3 Å². The smallest absolute Gasteiger partial charge is 0.261 e. The van der Waals surface area contributed by atoms with Gasteiger partial charge in [-0.05, 0) is 70.6 Å². The first-order valence-corrected chi connectivity index (χ1v) is 12.4. The molecule has 2 N–H and O–H groups in total. The Bertz CT molecular complexity index is 1330. The number of anilines is 1. The van der Waals surface area contributed by atoms with Gasteiger partial charge in [0.25, 0.3) is 5.91 Å². The molecule has 0 saturated carbocycles. The van der Waals surface area contributed by atoms with E-state index >= 15 is 0 Å². The number of thiazole rings is 1. The average molecular weight is 612 g/mol. The predicted molar refractivity (Wildman–Crippen MR) is 142 cm³/mol. The SMILES string of the molecule is COc1c(Br)cc(Br)cc1C(=O)NC(=S)Nc1ccc(-c2nc3ccccc3s2)c(Cl)c1. The third kappa shape index (κ3) is 4.97. The second-order valence-electron chi connectivity index (χ2n) is 6.56. The maximum Gasteiger partial charge on any atom is 0.261 e. The third-order valence-electron chi connectivity index (χ3n) is 4.44. The highest BCUT2D eigenvalue weighted by Gasteiger charge is 2.18. The molecule has 4 rings (SSSR count). The molecule has 0 bridgehead atoms. The van der Waals surface area contributed by atoms with Gasteiger partial charge in [0, 0.05) is 15.7 Å². The van der Waals surface area contributed by atoms with E-state index in [1.807, 2.05) is 36.4 Å². The summed E-state index contributed by atoms with van der Waals surface area (Å²) in [5.41, 5.74) is 2.75. The van der Waals surface area contributed by atoms with E-state index in [0.717, 1.165) is 25.3 Å². The number of nitrogens with zero attached hydrogens (tertiary/aromatic N) is 1. The number of thiocarbonyl (C=S) groups is 1. The summed E-state index contributed by atoms with van der Waals surface area (Å²) in [6, 6.07) is 16.8. The van der Waals surface area contributed by atoms with Crippen LogP contribution in [0.1, 0.15) is 10.4 Å². The Morgan fingerprint density at radius 2 is 1.94 bits per heavy atom. The van der Waals surface area contributed by atoms with Crippen LogP contribution in [0, 0.1) is 0 Å². The van der Waals surface area contributed by atoms with Crippen LogP contribution in [-0.2, 0) is 0 Å². The normalized spacial score (nSPS) is 10.8. The standard InChI is InChI=1S/C22H14Br2ClN3O2S2/c1-30-19-14(8-11(23)9-15(19)24)20(29)28-22(31)26-12-6-7-13(16(25)10-12)21-27-17-4-2-3-5-18(17)32-21/h2-10H,1H3,(H2,26,28,29,31). The maximum absolute atomic E-state index is 12.7. The monoisotopic (exact) mass is 609 g/mol. The van der Waals surface area contributed by atoms with Crippen molar-refractivity contribution in [2.45, 2.75) is 0 Å². The largest absolute Gasteiger partial charge is 0.495 e. The fourth-order valence-corrected chi connectivity index (χ4v) is 5.95. The molecule has 1 aromatic heterocycles. The Hall–Kier alpha value is -2.04. The Labute approximate surface area is 215 Å². The molecule has 32 heavy (non-hydrogen) atoms. The molecular formula is C22H14Br2ClN3O2S2. The van der Waals surface area contributed by atoms with Crippen molar-refractivity contribution in [3.05, 3.63) is 74.1 Å². The van der Waals surface area contributed by atoms with E-state index in [0.29, 0.717) is 26.5 Å². The van der Waals surface area contributed by atoms with Crippen molar-refractivity contribution >= 4 is 93.9 Å². The number of hydrogen-bond donors (Lipinski definition) is 2. The highest BCUT2D eigenvalue weighted by atomic mass is 79.9. The van der Waals surface area contributed by atoms with Gasteiger partial charge in [-0.1, -0.05) is 39.7 Å². The first-order chi connectivity index (χ1) is 15.4. The molecule has 5 nitrogen and oxygen atoms in total. The molecule has 0 aliphatic rings. The van der Waals surface area contributed by atoms with Crippen LogP contribution in [0.3, 0.4) is 0 Å². The number of benzene rings is 3. The summed E-state index contributed by atoms with van der Waals surface area (Å²) in [6.45, 7) is 0. The lowest BCUT2D eigenvalue weighted by Crippen LogP contribution is -2.34. The van der Waals surface area contributed by atoms with Gasteiger partial charge in [-0.15, -0.1) is 11.3 Å². The second-order valence-corrected chi connectivity index (χ2v) is 10.2. The fraction of sp³-hybridized carbons (Fsp3) is 0.0455. The van der Waals surface area contributed by atoms with E-state index in [-0.39, 0.29) is 5.11 Å². The van der Waals surface area contributed by atoms with E-state index in [9.17, 15) is 4.79 Å². The lowest BCUT2D eigenvalue weighted by molar-refractivity contribution is 0.0974. The summed E-state index contributed by atoms with van der Waals surface area (Å²) >= 11 is 20.2. The average Bonchev–Trinajstić information content (AvgIpc) is 3.17. The molecule has 162 valence electrons. The number of carbonyl (C=O) groups is 1. The number of hydrogen-bond acceptors (Lipinski definition) is 5. The highest BCUT2D eigenvalue weighted by molar-refractivity contribution is 9.11. The summed E-state index contributed by atoms with van der Waals surface area (Å²) in [5, 5.41) is 7.16. The van der Waals surface area contributed by atoms with Crippen LogP contribution in [0.15, 0.2) is 63.5 Å². The molecule has 0 fully saturated rings. The van der Waals surface area contributed by atoms with Crippen LogP contribution in [0.2, 0.25) is 5.02 Å². The summed E-state index contributed by atoms with van der Waals surface area (Å²) in [6.07, 6.45) is 0. The second kappa shape index (κ2) is 9.84. The number of nitrogens with one attached hydrogen (secondary N) is 2. The molecule has 0 spiro atoms. The van der Waals surface area contributed by atoms with Crippen molar-refractivity contribution in [2.24, 2.45) is 0 Å². The number of amides is 1. The Morgan fingerprint density at radius 3 is 2.66 bits per heavy atom. The number of halogens is 3. The van der Waals surface area contributed by atoms with Crippen LogP contribution in [0.25, 0.3) is 20.8 Å². The predicted octanol–water partition coefficient (Wildman–Crippen LogP) is 7.28. The molecule has 0 saturated heterocycles. The minimum absolute atomic E-state index is 0.136. The Kier molecular flexibility index (Phi) is 7.11. The lowest BCUT2D eigenvalue weighted by Gasteiger charge is -2.13. The van der Waals surface area contributed by atoms with Crippen molar-refractivity contribution in [1.29, 1.82) is 0 Å². The van der Waals surface area contributed by atoms with Crippen molar-refractivity contribution in [2.75, 3.05) is 12.4 Å². The van der Waals surface area contributed by atoms with Crippen LogP contribution >= 0.6 is 67.0 Å². The first kappa shape index (κ1) is 23.1. The topological polar surface area (TPSA) is 63.2 Å². The highest BCUT2D eigenvalue weighted by Crippen LogP contribution is 2.36. The summed E-state index contributed by atoms with van der Waals surface area (Å²) in [4.78, 5) is 17.4. The molecule has 1 heterocycles. The quantitative estimate of drug-likeness (QED) is 0.238. The summed E-state index contributed by atoms with van der Waals surface area (Å²) in [7, 11) is 1.50. The first-order valence-electron chi connectivity index (χ1n) is 9.16. The van der Waals surface area contributed by atoms with Gasteiger partial charge in [-0.3, -0.25) is 10.1 Å². The fourth-order valence-electron chi connectivity index (χ4n) is 3.02. The molecule has 0 aliphatic carbocycles. The van der Waals surface area contributed by atoms with E-state index in [2.05, 4.69) is 47.5 Å². The molecule has 0 atom stereocenters. The van der Waals surface area contributed by atoms with Crippen LogP contribution in [-0.4, -0.2) is 23.1 Å². The van der Waals surface area contributed by atoms with Gasteiger partial charge in [0.1, 0.15) is 10.8 Å². The zero-order valence-corrected chi connectivity index (χ0v) is 22.0. The van der Waals surface area contributed by atoms with Gasteiger partial charge in [0.15, 0.2) is 5.11 Å². The molecule has 0 aliphatic heterocycles. The number of ether oxygens (including phenoxy) is 1. The number of para-hydroxylation sites is 1. The van der Waals surface area contributed by atoms with Gasteiger partial charge in [-0.25, -0.2) is 4.98 Å². The van der Waals surface area contributed by atoms with Gasteiger partial charge in [0.05, 0.1) is 32.4 Å². The van der Waals surface area contributed by atoms with Gasteiger partial charge in [0.2, 0.25) is 0 Å². The van der Waals surface area contributed by atoms with Gasteiger partial charge >= 0.3 is 0 Å². The number of aromatic nitrogens is 1. The molecule has 0 unspecified atom stereocenters. The minimum Gasteiger partial charge on any atom is -0.495 e. The molecule has 3 aromatic carbocycles. The zero-order valence-electron chi connectivity index (χ0n) is 16.4. The summed E-state index contributed by atoms with van der Waals surface area (Å²) in [5.74, 6) is 0.00951. The van der Waals surface area contributed by atoms with Crippen molar-refractivity contribution < 1.29 is 9.53 Å². The van der Waals surface area contributed by atoms with Gasteiger partial charge in [-0.2, -0.15) is 0 Å². The van der Waals surface area contributed by atoms with E-state index in [4.69, 9.17) is 28.6 Å². The van der Waals surface area contributed by atoms with Gasteiger partial charge < -0.3 is 10.1 Å². The van der Waals surface area contributed by atoms with Crippen LogP contribution in [0.4, 0.5) is 5.69 Å². The number of rotatable bonds is 4. The third-order valence-corrected chi connectivity index (χ3v) is 7.07. The van der Waals surface area contributed by atoms with E-state index in [1.54, 1.807) is 29.5 Å². The van der Waals surface area contributed by atoms with Crippen molar-refractivity contribution in [1.82, 2.24) is 10.3 Å². The zero-order chi connectivity index (χ0) is 22.8. The van der Waals surface area contributed by atoms with E-state index < -0.39 is 5.91 Å².